The van der Waals surface area contributed by atoms with Crippen molar-refractivity contribution in [3.8, 4) is 0 Å². The first kappa shape index (κ1) is 15.3. The highest BCUT2D eigenvalue weighted by molar-refractivity contribution is 7.89. The topological polar surface area (TPSA) is 58.2 Å². The van der Waals surface area contributed by atoms with Crippen LogP contribution in [0.5, 0.6) is 0 Å². The van der Waals surface area contributed by atoms with Crippen molar-refractivity contribution in [2.75, 3.05) is 6.54 Å². The van der Waals surface area contributed by atoms with Gasteiger partial charge in [0.25, 0.3) is 0 Å². The van der Waals surface area contributed by atoms with Gasteiger partial charge in [-0.3, -0.25) is 0 Å². The summed E-state index contributed by atoms with van der Waals surface area (Å²) in [4.78, 5) is -0.526. The third-order valence-electron chi connectivity index (χ3n) is 3.48. The Labute approximate surface area is 117 Å². The second-order valence-corrected chi connectivity index (χ2v) is 6.72. The molecule has 2 N–H and O–H groups in total. The zero-order valence-electron chi connectivity index (χ0n) is 11.2. The largest absolute Gasteiger partial charge is 0.312 e. The first-order valence-electron chi connectivity index (χ1n) is 6.61. The number of halogens is 2. The zero-order valence-corrected chi connectivity index (χ0v) is 12.0. The Hall–Kier alpha value is -1.05. The molecule has 1 fully saturated rings. The van der Waals surface area contributed by atoms with E-state index in [1.807, 2.05) is 0 Å². The van der Waals surface area contributed by atoms with Gasteiger partial charge in [-0.25, -0.2) is 21.9 Å². The Kier molecular flexibility index (Phi) is 4.72. The SMILES string of the molecule is CC(NS(=O)(=O)c1ccc(F)cc1F)C1CCCCN1. The number of hydrogen-bond donors (Lipinski definition) is 2. The van der Waals surface area contributed by atoms with E-state index in [1.54, 1.807) is 6.92 Å². The molecule has 0 amide bonds. The van der Waals surface area contributed by atoms with Gasteiger partial charge in [0.05, 0.1) is 0 Å². The number of benzene rings is 1. The van der Waals surface area contributed by atoms with Gasteiger partial charge in [-0.2, -0.15) is 0 Å². The highest BCUT2D eigenvalue weighted by atomic mass is 32.2. The minimum absolute atomic E-state index is 0.0297. The number of sulfonamides is 1. The molecule has 0 saturated carbocycles. The monoisotopic (exact) mass is 304 g/mol. The summed E-state index contributed by atoms with van der Waals surface area (Å²) in [5.74, 6) is -1.88. The summed E-state index contributed by atoms with van der Waals surface area (Å²) in [7, 11) is -3.99. The van der Waals surface area contributed by atoms with Crippen molar-refractivity contribution in [2.24, 2.45) is 0 Å². The van der Waals surface area contributed by atoms with Crippen molar-refractivity contribution in [3.05, 3.63) is 29.8 Å². The quantitative estimate of drug-likeness (QED) is 0.891. The lowest BCUT2D eigenvalue weighted by atomic mass is 10.00. The van der Waals surface area contributed by atoms with E-state index in [9.17, 15) is 17.2 Å². The molecule has 4 nitrogen and oxygen atoms in total. The van der Waals surface area contributed by atoms with E-state index in [0.29, 0.717) is 6.07 Å². The molecule has 2 unspecified atom stereocenters. The predicted molar refractivity (Wildman–Crippen MR) is 71.8 cm³/mol. The average molecular weight is 304 g/mol. The van der Waals surface area contributed by atoms with E-state index in [1.165, 1.54) is 0 Å². The second-order valence-electron chi connectivity index (χ2n) is 5.04. The summed E-state index contributed by atoms with van der Waals surface area (Å²) in [6, 6.07) is 2.11. The maximum Gasteiger partial charge on any atom is 0.243 e. The normalized spacial score (nSPS) is 21.6. The molecule has 0 bridgehead atoms. The van der Waals surface area contributed by atoms with E-state index >= 15 is 0 Å². The Morgan fingerprint density at radius 3 is 2.70 bits per heavy atom. The lowest BCUT2D eigenvalue weighted by Gasteiger charge is -2.29. The van der Waals surface area contributed by atoms with Gasteiger partial charge in [0.1, 0.15) is 16.5 Å². The molecule has 1 aliphatic heterocycles. The summed E-state index contributed by atoms with van der Waals surface area (Å²) in [5, 5.41) is 3.24. The van der Waals surface area contributed by atoms with Crippen LogP contribution in [-0.2, 0) is 10.0 Å². The van der Waals surface area contributed by atoms with Crippen LogP contribution in [0.3, 0.4) is 0 Å². The maximum absolute atomic E-state index is 13.6. The van der Waals surface area contributed by atoms with Crippen LogP contribution in [0, 0.1) is 11.6 Å². The van der Waals surface area contributed by atoms with Crippen molar-refractivity contribution >= 4 is 10.0 Å². The van der Waals surface area contributed by atoms with Crippen molar-refractivity contribution < 1.29 is 17.2 Å². The first-order valence-corrected chi connectivity index (χ1v) is 8.09. The summed E-state index contributed by atoms with van der Waals surface area (Å²) in [6.45, 7) is 2.59. The van der Waals surface area contributed by atoms with Crippen LogP contribution in [0.2, 0.25) is 0 Å². The second kappa shape index (κ2) is 6.15. The third-order valence-corrected chi connectivity index (χ3v) is 5.07. The Bertz CT molecular complexity index is 572. The lowest BCUT2D eigenvalue weighted by molar-refractivity contribution is 0.346. The molecule has 2 rings (SSSR count). The van der Waals surface area contributed by atoms with Crippen LogP contribution in [0.25, 0.3) is 0 Å². The molecule has 1 aromatic carbocycles. The minimum atomic E-state index is -3.99. The van der Waals surface area contributed by atoms with Crippen molar-refractivity contribution in [1.29, 1.82) is 0 Å². The summed E-state index contributed by atoms with van der Waals surface area (Å²) < 4.78 is 53.1. The highest BCUT2D eigenvalue weighted by Gasteiger charge is 2.26. The van der Waals surface area contributed by atoms with Gasteiger partial charge in [-0.05, 0) is 38.4 Å². The van der Waals surface area contributed by atoms with Gasteiger partial charge in [-0.1, -0.05) is 6.42 Å². The average Bonchev–Trinajstić information content (AvgIpc) is 2.38. The van der Waals surface area contributed by atoms with Crippen LogP contribution in [-0.4, -0.2) is 27.0 Å². The molecule has 1 aromatic rings. The number of rotatable bonds is 4. The van der Waals surface area contributed by atoms with E-state index in [-0.39, 0.29) is 12.1 Å². The molecule has 112 valence electrons. The molecule has 0 aromatic heterocycles. The van der Waals surface area contributed by atoms with Gasteiger partial charge >= 0.3 is 0 Å². The van der Waals surface area contributed by atoms with Crippen LogP contribution in [0.1, 0.15) is 26.2 Å². The molecular formula is C13H18F2N2O2S. The van der Waals surface area contributed by atoms with E-state index in [4.69, 9.17) is 0 Å². The smallest absolute Gasteiger partial charge is 0.243 e. The Morgan fingerprint density at radius 2 is 2.10 bits per heavy atom. The van der Waals surface area contributed by atoms with Gasteiger partial charge in [-0.15, -0.1) is 0 Å². The van der Waals surface area contributed by atoms with Crippen molar-refractivity contribution in [2.45, 2.75) is 43.2 Å². The molecule has 1 heterocycles. The summed E-state index contributed by atoms with van der Waals surface area (Å²) >= 11 is 0. The molecule has 0 aliphatic carbocycles. The molecule has 0 spiro atoms. The van der Waals surface area contributed by atoms with Crippen LogP contribution >= 0.6 is 0 Å². The molecule has 2 atom stereocenters. The predicted octanol–water partition coefficient (Wildman–Crippen LogP) is 1.77. The summed E-state index contributed by atoms with van der Waals surface area (Å²) in [5.41, 5.74) is 0. The van der Waals surface area contributed by atoms with Gasteiger partial charge in [0, 0.05) is 18.2 Å². The fourth-order valence-corrected chi connectivity index (χ4v) is 3.73. The molecule has 1 aliphatic rings. The van der Waals surface area contributed by atoms with Crippen molar-refractivity contribution in [1.82, 2.24) is 10.0 Å². The fourth-order valence-electron chi connectivity index (χ4n) is 2.39. The first-order chi connectivity index (χ1) is 9.40. The number of hydrogen-bond acceptors (Lipinski definition) is 3. The van der Waals surface area contributed by atoms with Gasteiger partial charge in [0.15, 0.2) is 0 Å². The van der Waals surface area contributed by atoms with E-state index in [2.05, 4.69) is 10.0 Å². The van der Waals surface area contributed by atoms with Crippen LogP contribution in [0.4, 0.5) is 8.78 Å². The summed E-state index contributed by atoms with van der Waals surface area (Å²) in [6.07, 6.45) is 2.98. The van der Waals surface area contributed by atoms with E-state index < -0.39 is 26.6 Å². The number of nitrogens with one attached hydrogen (secondary N) is 2. The minimum Gasteiger partial charge on any atom is -0.312 e. The number of piperidine rings is 1. The van der Waals surface area contributed by atoms with Gasteiger partial charge < -0.3 is 5.32 Å². The molecule has 0 radical (unpaired) electrons. The Balaban J connectivity index is 2.13. The standard InChI is InChI=1S/C13H18F2N2O2S/c1-9(12-4-2-3-7-16-12)17-20(18,19)13-6-5-10(14)8-11(13)15/h5-6,8-9,12,16-17H,2-4,7H2,1H3. The Morgan fingerprint density at radius 1 is 1.35 bits per heavy atom. The van der Waals surface area contributed by atoms with Crippen molar-refractivity contribution in [3.63, 3.8) is 0 Å². The molecular weight excluding hydrogens is 286 g/mol. The highest BCUT2D eigenvalue weighted by Crippen LogP contribution is 2.17. The zero-order chi connectivity index (χ0) is 14.8. The van der Waals surface area contributed by atoms with Crippen LogP contribution < -0.4 is 10.0 Å². The van der Waals surface area contributed by atoms with Gasteiger partial charge in [0.2, 0.25) is 10.0 Å². The van der Waals surface area contributed by atoms with E-state index in [0.717, 1.165) is 37.9 Å². The third kappa shape index (κ3) is 3.53. The maximum atomic E-state index is 13.6. The van der Waals surface area contributed by atoms with Crippen LogP contribution in [0.15, 0.2) is 23.1 Å². The lowest BCUT2D eigenvalue weighted by Crippen LogP contribution is -2.50. The molecule has 20 heavy (non-hydrogen) atoms. The molecule has 7 heteroatoms. The fraction of sp³-hybridized carbons (Fsp3) is 0.538. The molecule has 1 saturated heterocycles.